The van der Waals surface area contributed by atoms with Crippen LogP contribution in [0.5, 0.6) is 0 Å². The van der Waals surface area contributed by atoms with Crippen molar-refractivity contribution in [2.24, 2.45) is 0 Å². The third-order valence-electron chi connectivity index (χ3n) is 1.67. The minimum atomic E-state index is -0.416. The topological polar surface area (TPSA) is 61.0 Å². The van der Waals surface area contributed by atoms with Gasteiger partial charge in [-0.05, 0) is 18.5 Å². The lowest BCUT2D eigenvalue weighted by Crippen LogP contribution is -1.86. The predicted octanol–water partition coefficient (Wildman–Crippen LogP) is 1.40. The lowest BCUT2D eigenvalue weighted by molar-refractivity contribution is -0.384. The van der Waals surface area contributed by atoms with Gasteiger partial charge < -0.3 is 0 Å². The molecule has 12 heavy (non-hydrogen) atoms. The Bertz CT molecular complexity index is 307. The fourth-order valence-corrected chi connectivity index (χ4v) is 2.01. The standard InChI is InChI=1S/C6H8N3O2P/c10-9(11)5-3-7-8(4-5)12-6-1-2-6/h3-4,6,12H,1-2H2. The number of nitro groups is 1. The number of nitrogens with zero attached hydrogens (tertiary/aromatic N) is 3. The molecule has 0 aliphatic heterocycles. The van der Waals surface area contributed by atoms with Gasteiger partial charge in [0.15, 0.2) is 0 Å². The summed E-state index contributed by atoms with van der Waals surface area (Å²) in [5.41, 5.74) is 0.813. The third kappa shape index (κ3) is 1.61. The van der Waals surface area contributed by atoms with E-state index in [0.717, 1.165) is 5.66 Å². The average molecular weight is 185 g/mol. The molecule has 2 rings (SSSR count). The van der Waals surface area contributed by atoms with Crippen molar-refractivity contribution in [2.75, 3.05) is 0 Å². The molecule has 1 aliphatic rings. The maximum atomic E-state index is 10.3. The van der Waals surface area contributed by atoms with Gasteiger partial charge in [0.1, 0.15) is 12.4 Å². The van der Waals surface area contributed by atoms with Gasteiger partial charge in [-0.25, -0.2) is 4.45 Å². The fourth-order valence-electron chi connectivity index (χ4n) is 0.878. The maximum Gasteiger partial charge on any atom is 0.307 e. The third-order valence-corrected chi connectivity index (χ3v) is 3.12. The van der Waals surface area contributed by atoms with Crippen LogP contribution in [0.2, 0.25) is 0 Å². The Morgan fingerprint density at radius 2 is 2.50 bits per heavy atom. The van der Waals surface area contributed by atoms with Gasteiger partial charge in [0.05, 0.1) is 4.92 Å². The first-order chi connectivity index (χ1) is 5.75. The van der Waals surface area contributed by atoms with Gasteiger partial charge in [-0.15, -0.1) is 0 Å². The summed E-state index contributed by atoms with van der Waals surface area (Å²) in [7, 11) is 0.587. The van der Waals surface area contributed by atoms with Gasteiger partial charge in [-0.1, -0.05) is 0 Å². The van der Waals surface area contributed by atoms with Crippen molar-refractivity contribution in [3.63, 3.8) is 0 Å². The molecule has 0 saturated heterocycles. The minimum absolute atomic E-state index is 0.0863. The molecule has 0 aromatic carbocycles. The molecule has 0 radical (unpaired) electrons. The molecule has 1 aromatic rings. The van der Waals surface area contributed by atoms with Crippen molar-refractivity contribution < 1.29 is 4.92 Å². The molecule has 0 bridgehead atoms. The van der Waals surface area contributed by atoms with E-state index in [1.165, 1.54) is 25.2 Å². The zero-order valence-corrected chi connectivity index (χ0v) is 7.30. The highest BCUT2D eigenvalue weighted by molar-refractivity contribution is 7.37. The highest BCUT2D eigenvalue weighted by atomic mass is 31.1. The number of rotatable bonds is 3. The molecule has 1 heterocycles. The first kappa shape index (κ1) is 7.68. The minimum Gasteiger partial charge on any atom is -0.258 e. The lowest BCUT2D eigenvalue weighted by Gasteiger charge is -1.94. The Kier molecular flexibility index (Phi) is 1.81. The molecule has 0 N–H and O–H groups in total. The van der Waals surface area contributed by atoms with Gasteiger partial charge in [0, 0.05) is 8.73 Å². The fraction of sp³-hybridized carbons (Fsp3) is 0.500. The summed E-state index contributed by atoms with van der Waals surface area (Å²) in [5, 5.41) is 14.2. The normalized spacial score (nSPS) is 17.3. The van der Waals surface area contributed by atoms with Crippen molar-refractivity contribution in [1.82, 2.24) is 9.55 Å². The summed E-state index contributed by atoms with van der Waals surface area (Å²) in [6.07, 6.45) is 5.28. The molecule has 1 fully saturated rings. The Hall–Kier alpha value is -0.960. The van der Waals surface area contributed by atoms with Crippen LogP contribution in [0.15, 0.2) is 12.4 Å². The highest BCUT2D eigenvalue weighted by Crippen LogP contribution is 2.39. The Labute approximate surface area is 70.8 Å². The number of aromatic nitrogens is 2. The van der Waals surface area contributed by atoms with Crippen LogP contribution in [0.4, 0.5) is 5.69 Å². The molecule has 5 nitrogen and oxygen atoms in total. The van der Waals surface area contributed by atoms with E-state index >= 15 is 0 Å². The van der Waals surface area contributed by atoms with Gasteiger partial charge in [0.2, 0.25) is 0 Å². The summed E-state index contributed by atoms with van der Waals surface area (Å²) in [6.45, 7) is 0. The van der Waals surface area contributed by atoms with Gasteiger partial charge in [-0.3, -0.25) is 10.1 Å². The van der Waals surface area contributed by atoms with Crippen molar-refractivity contribution in [1.29, 1.82) is 0 Å². The van der Waals surface area contributed by atoms with Crippen LogP contribution >= 0.6 is 8.73 Å². The van der Waals surface area contributed by atoms with E-state index in [0.29, 0.717) is 8.73 Å². The lowest BCUT2D eigenvalue weighted by atomic mass is 10.6. The summed E-state index contributed by atoms with van der Waals surface area (Å²) >= 11 is 0. The summed E-state index contributed by atoms with van der Waals surface area (Å²) in [5.74, 6) is 0. The SMILES string of the molecule is O=[N+]([O-])c1cnn(PC2CC2)c1. The van der Waals surface area contributed by atoms with Crippen LogP contribution in [-0.2, 0) is 0 Å². The quantitative estimate of drug-likeness (QED) is 0.406. The van der Waals surface area contributed by atoms with E-state index in [9.17, 15) is 10.1 Å². The molecule has 1 unspecified atom stereocenters. The molecule has 1 saturated carbocycles. The summed E-state index contributed by atoms with van der Waals surface area (Å²) < 4.78 is 1.68. The second-order valence-electron chi connectivity index (χ2n) is 2.80. The van der Waals surface area contributed by atoms with E-state index in [-0.39, 0.29) is 5.69 Å². The summed E-state index contributed by atoms with van der Waals surface area (Å²) in [4.78, 5) is 9.86. The molecule has 6 heteroatoms. The van der Waals surface area contributed by atoms with E-state index in [2.05, 4.69) is 5.10 Å². The van der Waals surface area contributed by atoms with Crippen LogP contribution in [0.1, 0.15) is 12.8 Å². The first-order valence-corrected chi connectivity index (χ1v) is 4.74. The zero-order valence-electron chi connectivity index (χ0n) is 6.30. The Morgan fingerprint density at radius 3 is 3.00 bits per heavy atom. The van der Waals surface area contributed by atoms with Crippen molar-refractivity contribution in [3.05, 3.63) is 22.5 Å². The van der Waals surface area contributed by atoms with Crippen molar-refractivity contribution >= 4 is 14.4 Å². The van der Waals surface area contributed by atoms with Gasteiger partial charge >= 0.3 is 5.69 Å². The highest BCUT2D eigenvalue weighted by Gasteiger charge is 2.23. The van der Waals surface area contributed by atoms with Crippen molar-refractivity contribution in [3.8, 4) is 0 Å². The van der Waals surface area contributed by atoms with Crippen LogP contribution < -0.4 is 0 Å². The smallest absolute Gasteiger partial charge is 0.258 e. The molecule has 1 aliphatic carbocycles. The van der Waals surface area contributed by atoms with E-state index < -0.39 is 4.92 Å². The molecule has 1 atom stereocenters. The largest absolute Gasteiger partial charge is 0.307 e. The molecular weight excluding hydrogens is 177 g/mol. The van der Waals surface area contributed by atoms with E-state index in [1.807, 2.05) is 0 Å². The summed E-state index contributed by atoms with van der Waals surface area (Å²) in [6, 6.07) is 0. The second-order valence-corrected chi connectivity index (χ2v) is 4.34. The molecular formula is C6H8N3O2P. The molecule has 64 valence electrons. The number of hydrogen-bond donors (Lipinski definition) is 0. The monoisotopic (exact) mass is 185 g/mol. The second kappa shape index (κ2) is 2.83. The molecule has 0 spiro atoms. The zero-order chi connectivity index (χ0) is 8.55. The van der Waals surface area contributed by atoms with Crippen LogP contribution in [0, 0.1) is 10.1 Å². The Balaban J connectivity index is 2.06. The van der Waals surface area contributed by atoms with Crippen molar-refractivity contribution in [2.45, 2.75) is 18.5 Å². The van der Waals surface area contributed by atoms with Crippen LogP contribution in [0.25, 0.3) is 0 Å². The Morgan fingerprint density at radius 1 is 1.75 bits per heavy atom. The van der Waals surface area contributed by atoms with E-state index in [4.69, 9.17) is 0 Å². The predicted molar refractivity (Wildman–Crippen MR) is 45.6 cm³/mol. The number of hydrogen-bond acceptors (Lipinski definition) is 3. The van der Waals surface area contributed by atoms with E-state index in [1.54, 1.807) is 4.45 Å². The molecule has 0 amide bonds. The van der Waals surface area contributed by atoms with Gasteiger partial charge in [-0.2, -0.15) is 5.10 Å². The van der Waals surface area contributed by atoms with Crippen LogP contribution in [0.3, 0.4) is 0 Å². The van der Waals surface area contributed by atoms with Crippen LogP contribution in [-0.4, -0.2) is 20.1 Å². The maximum absolute atomic E-state index is 10.3. The first-order valence-electron chi connectivity index (χ1n) is 3.71. The average Bonchev–Trinajstić information content (AvgIpc) is 2.66. The van der Waals surface area contributed by atoms with Gasteiger partial charge in [0.25, 0.3) is 0 Å². The molecule has 1 aromatic heterocycles.